The summed E-state index contributed by atoms with van der Waals surface area (Å²) >= 11 is -1.30. The molecule has 2 aromatic carbocycles. The van der Waals surface area contributed by atoms with E-state index in [9.17, 15) is 0 Å². The average Bonchev–Trinajstić information content (AvgIpc) is 3.02. The molecule has 1 aliphatic heterocycles. The third-order valence-electron chi connectivity index (χ3n) is 7.85. The van der Waals surface area contributed by atoms with E-state index < -0.39 is 19.8 Å². The van der Waals surface area contributed by atoms with Gasteiger partial charge in [0.25, 0.3) is 0 Å². The van der Waals surface area contributed by atoms with Gasteiger partial charge in [-0.05, 0) is 42.3 Å². The maximum Gasteiger partial charge on any atom is -0.0137 e. The number of fused-ring (bicyclic) bond motifs is 1. The molecule has 10 heteroatoms. The normalized spacial score (nSPS) is 16.4. The van der Waals surface area contributed by atoms with Crippen LogP contribution in [0.15, 0.2) is 61.7 Å². The molecule has 228 valence electrons. The number of rotatable bonds is 11. The van der Waals surface area contributed by atoms with Crippen molar-refractivity contribution in [3.05, 3.63) is 72.8 Å². The molecule has 2 unspecified atom stereocenters. The Morgan fingerprint density at radius 3 is 2.74 bits per heavy atom. The van der Waals surface area contributed by atoms with Crippen molar-refractivity contribution >= 4 is 53.7 Å². The number of alkyl halides is 3. The third-order valence-corrected chi connectivity index (χ3v) is 12.8. The van der Waals surface area contributed by atoms with E-state index in [4.69, 9.17) is 9.47 Å². The van der Waals surface area contributed by atoms with E-state index in [1.54, 1.807) is 12.5 Å². The Labute approximate surface area is 261 Å². The van der Waals surface area contributed by atoms with Crippen molar-refractivity contribution in [3.63, 3.8) is 0 Å². The summed E-state index contributed by atoms with van der Waals surface area (Å²) in [6, 6.07) is 12.3. The van der Waals surface area contributed by atoms with Crippen LogP contribution in [0.25, 0.3) is 10.9 Å². The predicted octanol–water partition coefficient (Wildman–Crippen LogP) is 7.80. The summed E-state index contributed by atoms with van der Waals surface area (Å²) in [5.74, 6) is 4.08. The molecule has 4 aromatic rings. The van der Waals surface area contributed by atoms with Crippen molar-refractivity contribution in [1.82, 2.24) is 20.3 Å². The van der Waals surface area contributed by atoms with Crippen LogP contribution in [0, 0.1) is 6.92 Å². The number of ether oxygens (including phenoxy) is 2. The van der Waals surface area contributed by atoms with E-state index in [0.717, 1.165) is 63.3 Å². The zero-order valence-corrected chi connectivity index (χ0v) is 28.0. The number of hydrogen-bond acceptors (Lipinski definition) is 9. The Hall–Kier alpha value is -3.64. The van der Waals surface area contributed by atoms with E-state index >= 15 is 0 Å². The van der Waals surface area contributed by atoms with E-state index in [2.05, 4.69) is 86.3 Å². The molecule has 1 aliphatic rings. The standard InChI is InChI=1S/C33H42IN7O2/c1-8-21(3)25-17-24(11-12-27(25)41(7)9-2)42-28-13-10-23(16-22(28)4)40-32-30-26(38-20-39-32)18-37-33(35-6)31(30)43-29-14-15-36-19-34(29)5/h9-13,16-18,20-21,29,36H,2,8,14-15,19H2,1,3-7H3,(H,35,37)(H,38,39,40). The minimum Gasteiger partial charge on any atom is -0.0648 e. The smallest absolute Gasteiger partial charge is 0.0137 e. The van der Waals surface area contributed by atoms with Crippen LogP contribution in [0.2, 0.25) is 0 Å². The molecule has 3 N–H and O–H groups in total. The van der Waals surface area contributed by atoms with Crippen LogP contribution < -0.4 is 30.3 Å². The Morgan fingerprint density at radius 2 is 2.02 bits per heavy atom. The van der Waals surface area contributed by atoms with Crippen molar-refractivity contribution < 1.29 is 9.47 Å². The largest absolute Gasteiger partial charge is 0.0648 e. The number of aromatic nitrogens is 3. The van der Waals surface area contributed by atoms with Gasteiger partial charge in [0.1, 0.15) is 0 Å². The summed E-state index contributed by atoms with van der Waals surface area (Å²) in [7, 11) is 3.88. The fourth-order valence-electron chi connectivity index (χ4n) is 5.11. The molecule has 5 rings (SSSR count). The Kier molecular flexibility index (Phi) is 9.86. The number of hydrogen-bond donors (Lipinski definition) is 3. The van der Waals surface area contributed by atoms with E-state index in [-0.39, 0.29) is 4.11 Å². The summed E-state index contributed by atoms with van der Waals surface area (Å²) < 4.78 is 14.4. The summed E-state index contributed by atoms with van der Waals surface area (Å²) in [6.45, 7) is 11.4. The van der Waals surface area contributed by atoms with Gasteiger partial charge in [-0.1, -0.05) is 20.4 Å². The van der Waals surface area contributed by atoms with Crippen molar-refractivity contribution in [2.24, 2.45) is 0 Å². The first-order valence-electron chi connectivity index (χ1n) is 14.6. The maximum atomic E-state index is 6.71. The minimum absolute atomic E-state index is 0.226. The van der Waals surface area contributed by atoms with Gasteiger partial charge in [0.2, 0.25) is 0 Å². The minimum atomic E-state index is -1.30. The van der Waals surface area contributed by atoms with Crippen molar-refractivity contribution in [2.45, 2.75) is 43.6 Å². The first-order valence-corrected chi connectivity index (χ1v) is 19.5. The van der Waals surface area contributed by atoms with Crippen LogP contribution in [0.4, 0.5) is 23.0 Å². The van der Waals surface area contributed by atoms with Gasteiger partial charge in [0.05, 0.1) is 0 Å². The van der Waals surface area contributed by atoms with E-state index in [1.807, 2.05) is 38.5 Å². The zero-order chi connectivity index (χ0) is 30.5. The monoisotopic (exact) mass is 695 g/mol. The predicted molar refractivity (Wildman–Crippen MR) is 187 cm³/mol. The zero-order valence-electron chi connectivity index (χ0n) is 25.9. The third kappa shape index (κ3) is 6.80. The van der Waals surface area contributed by atoms with Gasteiger partial charge in [0.15, 0.2) is 0 Å². The second-order valence-electron chi connectivity index (χ2n) is 10.8. The van der Waals surface area contributed by atoms with Gasteiger partial charge in [-0.25, -0.2) is 0 Å². The SMILES string of the molecule is C=CN(C)c1ccc(Oc2ccc(Nc3ncnc4cnc(NC)c(OC5CCNCI5C)c34)cc2C)cc1C(C)CC. The molecular weight excluding hydrogens is 653 g/mol. The fraction of sp³-hybridized carbons (Fsp3) is 0.364. The molecule has 1 saturated heterocycles. The summed E-state index contributed by atoms with van der Waals surface area (Å²) in [5, 5.41) is 11.1. The van der Waals surface area contributed by atoms with Crippen molar-refractivity contribution in [1.29, 1.82) is 0 Å². The average molecular weight is 696 g/mol. The van der Waals surface area contributed by atoms with Gasteiger partial charge in [-0.3, -0.25) is 0 Å². The van der Waals surface area contributed by atoms with Gasteiger partial charge in [-0.15, -0.1) is 0 Å². The summed E-state index contributed by atoms with van der Waals surface area (Å²) in [4.78, 5) is 18.1. The Balaban J connectivity index is 1.43. The first kappa shape index (κ1) is 30.8. The van der Waals surface area contributed by atoms with E-state index in [1.165, 1.54) is 5.56 Å². The van der Waals surface area contributed by atoms with Crippen molar-refractivity contribution in [2.75, 3.05) is 45.7 Å². The second kappa shape index (κ2) is 13.8. The topological polar surface area (TPSA) is 96.5 Å². The number of pyridine rings is 1. The molecule has 0 radical (unpaired) electrons. The number of halogens is 1. The number of nitrogens with zero attached hydrogens (tertiary/aromatic N) is 4. The van der Waals surface area contributed by atoms with Crippen LogP contribution in [-0.2, 0) is 0 Å². The van der Waals surface area contributed by atoms with Gasteiger partial charge in [0, 0.05) is 12.7 Å². The first-order chi connectivity index (χ1) is 20.8. The Bertz CT molecular complexity index is 1600. The molecule has 0 amide bonds. The van der Waals surface area contributed by atoms with Crippen LogP contribution in [-0.4, -0.2) is 49.2 Å². The molecule has 2 aromatic heterocycles. The molecule has 0 aliphatic carbocycles. The summed E-state index contributed by atoms with van der Waals surface area (Å²) in [6.07, 6.45) is 7.19. The molecule has 0 saturated carbocycles. The van der Waals surface area contributed by atoms with Gasteiger partial charge in [-0.2, -0.15) is 0 Å². The Morgan fingerprint density at radius 1 is 1.19 bits per heavy atom. The summed E-state index contributed by atoms with van der Waals surface area (Å²) in [5.41, 5.74) is 5.01. The molecule has 9 nitrogen and oxygen atoms in total. The quantitative estimate of drug-likeness (QED) is 0.0826. The number of anilines is 4. The van der Waals surface area contributed by atoms with Crippen LogP contribution in [0.5, 0.6) is 17.2 Å². The van der Waals surface area contributed by atoms with E-state index in [0.29, 0.717) is 23.3 Å². The molecular formula is C33H42IN7O2. The van der Waals surface area contributed by atoms with Gasteiger partial charge < -0.3 is 4.90 Å². The maximum absolute atomic E-state index is 6.71. The number of aryl methyl sites for hydroxylation is 1. The van der Waals surface area contributed by atoms with Crippen LogP contribution >= 0.6 is 19.8 Å². The van der Waals surface area contributed by atoms with Crippen molar-refractivity contribution in [3.8, 4) is 17.2 Å². The van der Waals surface area contributed by atoms with Crippen LogP contribution in [0.1, 0.15) is 43.7 Å². The second-order valence-corrected chi connectivity index (χ2v) is 16.6. The molecule has 0 bridgehead atoms. The fourth-order valence-corrected chi connectivity index (χ4v) is 8.90. The molecule has 43 heavy (non-hydrogen) atoms. The number of nitrogens with one attached hydrogen (secondary N) is 3. The molecule has 1 fully saturated rings. The molecule has 0 spiro atoms. The number of benzene rings is 2. The molecule has 2 atom stereocenters. The van der Waals surface area contributed by atoms with Gasteiger partial charge >= 0.3 is 182 Å². The van der Waals surface area contributed by atoms with Crippen LogP contribution in [0.3, 0.4) is 0 Å². The molecule has 3 heterocycles.